The van der Waals surface area contributed by atoms with Crippen LogP contribution in [-0.4, -0.2) is 21.5 Å². The number of nitrogens with zero attached hydrogens (tertiary/aromatic N) is 2. The highest BCUT2D eigenvalue weighted by atomic mass is 32.2. The number of rotatable bonds is 3. The molecular weight excluding hydrogens is 222 g/mol. The molecule has 0 spiro atoms. The second-order valence-corrected chi connectivity index (χ2v) is 6.45. The van der Waals surface area contributed by atoms with E-state index < -0.39 is 0 Å². The van der Waals surface area contributed by atoms with Crippen LogP contribution in [0.2, 0.25) is 0 Å². The average molecular weight is 241 g/mol. The van der Waals surface area contributed by atoms with Crippen molar-refractivity contribution in [2.24, 2.45) is 0 Å². The van der Waals surface area contributed by atoms with Gasteiger partial charge in [-0.2, -0.15) is 0 Å². The Balaban J connectivity index is 1.91. The first-order valence-corrected chi connectivity index (χ1v) is 6.78. The molecule has 2 rings (SSSR count). The normalized spacial score (nSPS) is 21.6. The summed E-state index contributed by atoms with van der Waals surface area (Å²) in [5, 5.41) is 12.0. The molecule has 0 amide bonds. The predicted molar refractivity (Wildman–Crippen MR) is 65.3 cm³/mol. The molecule has 0 bridgehead atoms. The van der Waals surface area contributed by atoms with Crippen LogP contribution in [-0.2, 0) is 6.54 Å². The van der Waals surface area contributed by atoms with E-state index in [0.717, 1.165) is 5.89 Å². The fraction of sp³-hybridized carbons (Fsp3) is 0.818. The third-order valence-electron chi connectivity index (χ3n) is 2.46. The number of thioether (sulfide) groups is 1. The van der Waals surface area contributed by atoms with Crippen LogP contribution < -0.4 is 5.32 Å². The van der Waals surface area contributed by atoms with Gasteiger partial charge in [0, 0.05) is 5.54 Å². The molecule has 1 atom stereocenters. The molecule has 1 N–H and O–H groups in total. The van der Waals surface area contributed by atoms with Gasteiger partial charge < -0.3 is 9.73 Å². The van der Waals surface area contributed by atoms with Crippen LogP contribution in [0.1, 0.15) is 50.6 Å². The summed E-state index contributed by atoms with van der Waals surface area (Å²) in [5.41, 5.74) is 0.0801. The molecule has 1 fully saturated rings. The van der Waals surface area contributed by atoms with Crippen molar-refractivity contribution in [3.05, 3.63) is 11.8 Å². The summed E-state index contributed by atoms with van der Waals surface area (Å²) < 4.78 is 5.66. The monoisotopic (exact) mass is 241 g/mol. The largest absolute Gasteiger partial charge is 0.423 e. The molecule has 0 aromatic carbocycles. The summed E-state index contributed by atoms with van der Waals surface area (Å²) in [6.45, 7) is 7.01. The van der Waals surface area contributed by atoms with E-state index in [2.05, 4.69) is 36.3 Å². The third kappa shape index (κ3) is 3.22. The molecule has 1 aliphatic heterocycles. The van der Waals surface area contributed by atoms with Crippen molar-refractivity contribution < 1.29 is 4.42 Å². The quantitative estimate of drug-likeness (QED) is 0.881. The van der Waals surface area contributed by atoms with E-state index in [-0.39, 0.29) is 5.54 Å². The van der Waals surface area contributed by atoms with Crippen LogP contribution >= 0.6 is 11.8 Å². The molecule has 0 aliphatic carbocycles. The van der Waals surface area contributed by atoms with Gasteiger partial charge in [-0.15, -0.1) is 22.0 Å². The minimum Gasteiger partial charge on any atom is -0.423 e. The summed E-state index contributed by atoms with van der Waals surface area (Å²) in [6.07, 6.45) is 2.42. The van der Waals surface area contributed by atoms with Crippen LogP contribution in [0, 0.1) is 0 Å². The lowest BCUT2D eigenvalue weighted by Gasteiger charge is -2.18. The first-order valence-electron chi connectivity index (χ1n) is 5.73. The van der Waals surface area contributed by atoms with Crippen LogP contribution in [0.3, 0.4) is 0 Å². The van der Waals surface area contributed by atoms with Crippen LogP contribution in [0.5, 0.6) is 0 Å². The Kier molecular flexibility index (Phi) is 3.54. The molecule has 16 heavy (non-hydrogen) atoms. The lowest BCUT2D eigenvalue weighted by molar-refractivity contribution is 0.369. The second kappa shape index (κ2) is 4.75. The maximum atomic E-state index is 5.66. The number of hydrogen-bond acceptors (Lipinski definition) is 5. The number of aromatic nitrogens is 2. The molecule has 1 aromatic heterocycles. The van der Waals surface area contributed by atoms with Gasteiger partial charge in [0.15, 0.2) is 0 Å². The molecule has 1 aromatic rings. The zero-order valence-electron chi connectivity index (χ0n) is 10.1. The second-order valence-electron chi connectivity index (χ2n) is 5.14. The summed E-state index contributed by atoms with van der Waals surface area (Å²) >= 11 is 1.92. The molecule has 1 unspecified atom stereocenters. The van der Waals surface area contributed by atoms with E-state index >= 15 is 0 Å². The zero-order chi connectivity index (χ0) is 11.6. The number of nitrogens with one attached hydrogen (secondary N) is 1. The lowest BCUT2D eigenvalue weighted by atomic mass is 10.1. The van der Waals surface area contributed by atoms with Gasteiger partial charge in [0.2, 0.25) is 11.8 Å². The van der Waals surface area contributed by atoms with E-state index in [4.69, 9.17) is 4.42 Å². The van der Waals surface area contributed by atoms with Gasteiger partial charge in [0.05, 0.1) is 11.8 Å². The standard InChI is InChI=1S/C11H19N3OS/c1-11(2,3)12-7-9-13-14-10(15-9)8-5-4-6-16-8/h8,12H,4-7H2,1-3H3. The van der Waals surface area contributed by atoms with E-state index in [1.165, 1.54) is 18.6 Å². The SMILES string of the molecule is CC(C)(C)NCc1nnc(C2CCCS2)o1. The van der Waals surface area contributed by atoms with Crippen molar-refractivity contribution in [3.63, 3.8) is 0 Å². The van der Waals surface area contributed by atoms with E-state index in [1.807, 2.05) is 11.8 Å². The van der Waals surface area contributed by atoms with Crippen molar-refractivity contribution in [1.29, 1.82) is 0 Å². The van der Waals surface area contributed by atoms with Gasteiger partial charge in [-0.05, 0) is 39.4 Å². The molecule has 1 saturated heterocycles. The molecule has 4 nitrogen and oxygen atoms in total. The molecule has 90 valence electrons. The predicted octanol–water partition coefficient (Wildman–Crippen LogP) is 2.53. The smallest absolute Gasteiger partial charge is 0.230 e. The van der Waals surface area contributed by atoms with Gasteiger partial charge >= 0.3 is 0 Å². The van der Waals surface area contributed by atoms with Crippen LogP contribution in [0.15, 0.2) is 4.42 Å². The molecule has 0 saturated carbocycles. The van der Waals surface area contributed by atoms with Crippen LogP contribution in [0.4, 0.5) is 0 Å². The van der Waals surface area contributed by atoms with Crippen molar-refractivity contribution >= 4 is 11.8 Å². The average Bonchev–Trinajstić information content (AvgIpc) is 2.84. The molecule has 5 heteroatoms. The summed E-state index contributed by atoms with van der Waals surface area (Å²) in [4.78, 5) is 0. The Morgan fingerprint density at radius 3 is 2.88 bits per heavy atom. The van der Waals surface area contributed by atoms with Crippen molar-refractivity contribution in [2.45, 2.75) is 50.9 Å². The van der Waals surface area contributed by atoms with Gasteiger partial charge in [-0.25, -0.2) is 0 Å². The molecule has 2 heterocycles. The minimum atomic E-state index is 0.0801. The van der Waals surface area contributed by atoms with Crippen LogP contribution in [0.25, 0.3) is 0 Å². The maximum absolute atomic E-state index is 5.66. The summed E-state index contributed by atoms with van der Waals surface area (Å²) in [7, 11) is 0. The maximum Gasteiger partial charge on any atom is 0.230 e. The van der Waals surface area contributed by atoms with Crippen molar-refractivity contribution in [1.82, 2.24) is 15.5 Å². The third-order valence-corrected chi connectivity index (χ3v) is 3.82. The first-order chi connectivity index (χ1) is 7.54. The fourth-order valence-corrected chi connectivity index (χ4v) is 2.77. The Morgan fingerprint density at radius 2 is 2.25 bits per heavy atom. The molecule has 1 aliphatic rings. The highest BCUT2D eigenvalue weighted by Gasteiger charge is 2.23. The Bertz CT molecular complexity index is 339. The van der Waals surface area contributed by atoms with Crippen molar-refractivity contribution in [2.75, 3.05) is 5.75 Å². The Labute approximate surface area is 101 Å². The topological polar surface area (TPSA) is 51.0 Å². The highest BCUT2D eigenvalue weighted by Crippen LogP contribution is 2.38. The van der Waals surface area contributed by atoms with Gasteiger partial charge in [-0.1, -0.05) is 0 Å². The molecule has 0 radical (unpaired) electrons. The summed E-state index contributed by atoms with van der Waals surface area (Å²) in [5.74, 6) is 2.70. The van der Waals surface area contributed by atoms with Gasteiger partial charge in [-0.3, -0.25) is 0 Å². The minimum absolute atomic E-state index is 0.0801. The highest BCUT2D eigenvalue weighted by molar-refractivity contribution is 7.99. The zero-order valence-corrected chi connectivity index (χ0v) is 10.9. The van der Waals surface area contributed by atoms with Gasteiger partial charge in [0.1, 0.15) is 0 Å². The molecular formula is C11H19N3OS. The fourth-order valence-electron chi connectivity index (χ4n) is 1.58. The van der Waals surface area contributed by atoms with Crippen molar-refractivity contribution in [3.8, 4) is 0 Å². The van der Waals surface area contributed by atoms with E-state index in [9.17, 15) is 0 Å². The van der Waals surface area contributed by atoms with E-state index in [0.29, 0.717) is 17.7 Å². The van der Waals surface area contributed by atoms with Gasteiger partial charge in [0.25, 0.3) is 0 Å². The van der Waals surface area contributed by atoms with E-state index in [1.54, 1.807) is 0 Å². The Morgan fingerprint density at radius 1 is 1.44 bits per heavy atom. The lowest BCUT2D eigenvalue weighted by Crippen LogP contribution is -2.35. The summed E-state index contributed by atoms with van der Waals surface area (Å²) in [6, 6.07) is 0. The Hall–Kier alpha value is -0.550. The first kappa shape index (κ1) is 11.9. The number of hydrogen-bond donors (Lipinski definition) is 1.